The van der Waals surface area contributed by atoms with E-state index in [0.29, 0.717) is 0 Å². The van der Waals surface area contributed by atoms with E-state index in [1.807, 2.05) is 0 Å². The van der Waals surface area contributed by atoms with E-state index in [-0.39, 0.29) is 0 Å². The first kappa shape index (κ1) is 14.1. The number of hydrogen-bond acceptors (Lipinski definition) is 2. The Hall–Kier alpha value is -2.55. The Morgan fingerprint density at radius 1 is 1.09 bits per heavy atom. The smallest absolute Gasteiger partial charge is 0.133 e. The maximum Gasteiger partial charge on any atom is 0.133 e. The second-order valence-corrected chi connectivity index (χ2v) is 6.06. The first-order valence-corrected chi connectivity index (χ1v) is 8.29. The Morgan fingerprint density at radius 3 is 2.70 bits per heavy atom. The lowest BCUT2D eigenvalue weighted by atomic mass is 10.0. The maximum absolute atomic E-state index is 5.00. The summed E-state index contributed by atoms with van der Waals surface area (Å²) >= 11 is 0. The van der Waals surface area contributed by atoms with Crippen molar-refractivity contribution in [1.29, 1.82) is 0 Å². The SMILES string of the molecule is CCc1ccccc1-n1nc(-c2ccccc2C)c2c1NCC2. The zero-order valence-corrected chi connectivity index (χ0v) is 13.6. The number of rotatable bonds is 3. The molecule has 0 unspecified atom stereocenters. The largest absolute Gasteiger partial charge is 0.369 e. The first-order valence-electron chi connectivity index (χ1n) is 8.29. The molecular formula is C20H21N3. The lowest BCUT2D eigenvalue weighted by Gasteiger charge is -2.10. The van der Waals surface area contributed by atoms with Gasteiger partial charge in [-0.15, -0.1) is 0 Å². The molecule has 116 valence electrons. The average Bonchev–Trinajstić information content (AvgIpc) is 3.18. The number of nitrogens with zero attached hydrogens (tertiary/aromatic N) is 2. The highest BCUT2D eigenvalue weighted by molar-refractivity contribution is 5.75. The summed E-state index contributed by atoms with van der Waals surface area (Å²) in [6.45, 7) is 5.34. The maximum atomic E-state index is 5.00. The highest BCUT2D eigenvalue weighted by Gasteiger charge is 2.25. The predicted octanol–water partition coefficient (Wildman–Crippen LogP) is 4.38. The Kier molecular flexibility index (Phi) is 3.41. The molecule has 1 aromatic heterocycles. The van der Waals surface area contributed by atoms with Crippen molar-refractivity contribution in [3.05, 3.63) is 65.2 Å². The van der Waals surface area contributed by atoms with E-state index in [9.17, 15) is 0 Å². The number of benzene rings is 2. The molecule has 2 heterocycles. The van der Waals surface area contributed by atoms with Gasteiger partial charge in [0.25, 0.3) is 0 Å². The van der Waals surface area contributed by atoms with Gasteiger partial charge < -0.3 is 5.32 Å². The lowest BCUT2D eigenvalue weighted by molar-refractivity contribution is 0.865. The van der Waals surface area contributed by atoms with Crippen molar-refractivity contribution in [3.63, 3.8) is 0 Å². The van der Waals surface area contributed by atoms with E-state index in [1.54, 1.807) is 0 Å². The molecule has 0 aliphatic carbocycles. The normalized spacial score (nSPS) is 13.0. The number of nitrogens with one attached hydrogen (secondary N) is 1. The highest BCUT2D eigenvalue weighted by Crippen LogP contribution is 2.36. The highest BCUT2D eigenvalue weighted by atomic mass is 15.3. The summed E-state index contributed by atoms with van der Waals surface area (Å²) in [5, 5.41) is 8.52. The van der Waals surface area contributed by atoms with E-state index in [0.717, 1.165) is 30.9 Å². The third-order valence-electron chi connectivity index (χ3n) is 4.65. The van der Waals surface area contributed by atoms with Gasteiger partial charge in [0.05, 0.1) is 11.4 Å². The Balaban J connectivity index is 1.94. The van der Waals surface area contributed by atoms with Crippen LogP contribution in [-0.4, -0.2) is 16.3 Å². The molecule has 0 fully saturated rings. The van der Waals surface area contributed by atoms with Crippen LogP contribution in [0.25, 0.3) is 16.9 Å². The predicted molar refractivity (Wildman–Crippen MR) is 95.3 cm³/mol. The molecule has 1 aliphatic heterocycles. The van der Waals surface area contributed by atoms with Crippen LogP contribution < -0.4 is 5.32 Å². The fraction of sp³-hybridized carbons (Fsp3) is 0.250. The van der Waals surface area contributed by atoms with Crippen LogP contribution in [0.2, 0.25) is 0 Å². The van der Waals surface area contributed by atoms with Crippen LogP contribution in [0.3, 0.4) is 0 Å². The van der Waals surface area contributed by atoms with Gasteiger partial charge in [-0.25, -0.2) is 4.68 Å². The topological polar surface area (TPSA) is 29.9 Å². The van der Waals surface area contributed by atoms with Gasteiger partial charge in [-0.2, -0.15) is 5.10 Å². The van der Waals surface area contributed by atoms with Gasteiger partial charge in [0.15, 0.2) is 0 Å². The second kappa shape index (κ2) is 5.58. The van der Waals surface area contributed by atoms with Crippen molar-refractivity contribution < 1.29 is 0 Å². The fourth-order valence-corrected chi connectivity index (χ4v) is 3.42. The summed E-state index contributed by atoms with van der Waals surface area (Å²) in [6, 6.07) is 17.0. The van der Waals surface area contributed by atoms with Crippen molar-refractivity contribution in [3.8, 4) is 16.9 Å². The first-order chi connectivity index (χ1) is 11.3. The number of aryl methyl sites for hydroxylation is 2. The van der Waals surface area contributed by atoms with Gasteiger partial charge in [-0.1, -0.05) is 49.4 Å². The standard InChI is InChI=1S/C20H21N3/c1-3-15-9-5-7-11-18(15)23-20-17(12-13-21-20)19(22-23)16-10-6-4-8-14(16)2/h4-11,21H,3,12-13H2,1-2H3. The summed E-state index contributed by atoms with van der Waals surface area (Å²) < 4.78 is 2.10. The molecule has 2 aromatic carbocycles. The molecule has 0 saturated carbocycles. The Labute approximate surface area is 137 Å². The summed E-state index contributed by atoms with van der Waals surface area (Å²) in [5.41, 5.74) is 7.47. The van der Waals surface area contributed by atoms with Crippen LogP contribution in [0, 0.1) is 6.92 Å². The van der Waals surface area contributed by atoms with Gasteiger partial charge in [-0.05, 0) is 37.0 Å². The summed E-state index contributed by atoms with van der Waals surface area (Å²) in [7, 11) is 0. The molecule has 23 heavy (non-hydrogen) atoms. The van der Waals surface area contributed by atoms with E-state index >= 15 is 0 Å². The lowest BCUT2D eigenvalue weighted by Crippen LogP contribution is -2.06. The monoisotopic (exact) mass is 303 g/mol. The van der Waals surface area contributed by atoms with Crippen LogP contribution in [0.5, 0.6) is 0 Å². The summed E-state index contributed by atoms with van der Waals surface area (Å²) in [6.07, 6.45) is 2.04. The van der Waals surface area contributed by atoms with Crippen LogP contribution in [0.15, 0.2) is 48.5 Å². The average molecular weight is 303 g/mol. The molecule has 1 N–H and O–H groups in total. The van der Waals surface area contributed by atoms with Crippen molar-refractivity contribution in [2.24, 2.45) is 0 Å². The number of para-hydroxylation sites is 1. The quantitative estimate of drug-likeness (QED) is 0.778. The van der Waals surface area contributed by atoms with Crippen LogP contribution in [-0.2, 0) is 12.8 Å². The van der Waals surface area contributed by atoms with E-state index in [2.05, 4.69) is 72.4 Å². The van der Waals surface area contributed by atoms with Crippen LogP contribution in [0.1, 0.15) is 23.6 Å². The molecule has 0 saturated heterocycles. The minimum atomic E-state index is 0.986. The molecular weight excluding hydrogens is 282 g/mol. The number of anilines is 1. The summed E-state index contributed by atoms with van der Waals surface area (Å²) in [4.78, 5) is 0. The van der Waals surface area contributed by atoms with Gasteiger partial charge in [0.2, 0.25) is 0 Å². The van der Waals surface area contributed by atoms with E-state index < -0.39 is 0 Å². The van der Waals surface area contributed by atoms with Crippen molar-refractivity contribution >= 4 is 5.82 Å². The zero-order valence-electron chi connectivity index (χ0n) is 13.6. The molecule has 3 nitrogen and oxygen atoms in total. The van der Waals surface area contributed by atoms with Gasteiger partial charge in [0, 0.05) is 17.7 Å². The Bertz CT molecular complexity index is 861. The number of fused-ring (bicyclic) bond motifs is 1. The molecule has 0 radical (unpaired) electrons. The second-order valence-electron chi connectivity index (χ2n) is 6.06. The van der Waals surface area contributed by atoms with Crippen molar-refractivity contribution in [2.45, 2.75) is 26.7 Å². The third kappa shape index (κ3) is 2.24. The number of hydrogen-bond donors (Lipinski definition) is 1. The van der Waals surface area contributed by atoms with Crippen LogP contribution >= 0.6 is 0 Å². The van der Waals surface area contributed by atoms with E-state index in [4.69, 9.17) is 5.10 Å². The molecule has 3 aromatic rings. The molecule has 0 atom stereocenters. The molecule has 4 rings (SSSR count). The van der Waals surface area contributed by atoms with Crippen molar-refractivity contribution in [2.75, 3.05) is 11.9 Å². The third-order valence-corrected chi connectivity index (χ3v) is 4.65. The zero-order chi connectivity index (χ0) is 15.8. The van der Waals surface area contributed by atoms with Gasteiger partial charge in [0.1, 0.15) is 5.82 Å². The molecule has 0 amide bonds. The minimum Gasteiger partial charge on any atom is -0.369 e. The van der Waals surface area contributed by atoms with Crippen molar-refractivity contribution in [1.82, 2.24) is 9.78 Å². The summed E-state index contributed by atoms with van der Waals surface area (Å²) in [5.74, 6) is 1.16. The molecule has 0 spiro atoms. The number of aromatic nitrogens is 2. The Morgan fingerprint density at radius 2 is 1.87 bits per heavy atom. The van der Waals surface area contributed by atoms with Gasteiger partial charge >= 0.3 is 0 Å². The fourth-order valence-electron chi connectivity index (χ4n) is 3.42. The minimum absolute atomic E-state index is 0.986. The van der Waals surface area contributed by atoms with Crippen LogP contribution in [0.4, 0.5) is 5.82 Å². The van der Waals surface area contributed by atoms with Gasteiger partial charge in [-0.3, -0.25) is 0 Å². The molecule has 0 bridgehead atoms. The molecule has 1 aliphatic rings. The van der Waals surface area contributed by atoms with E-state index in [1.165, 1.54) is 27.9 Å². The molecule has 3 heteroatoms.